The van der Waals surface area contributed by atoms with Gasteiger partial charge in [0.05, 0.1) is 15.2 Å². The Labute approximate surface area is 153 Å². The van der Waals surface area contributed by atoms with E-state index in [1.807, 2.05) is 12.1 Å². The van der Waals surface area contributed by atoms with Crippen LogP contribution in [0.5, 0.6) is 0 Å². The van der Waals surface area contributed by atoms with Gasteiger partial charge in [-0.25, -0.2) is 4.98 Å². The van der Waals surface area contributed by atoms with E-state index in [-0.39, 0.29) is 30.7 Å². The first kappa shape index (κ1) is 20.2. The highest BCUT2D eigenvalue weighted by Gasteiger charge is 2.16. The molecule has 2 N–H and O–H groups in total. The predicted molar refractivity (Wildman–Crippen MR) is 101 cm³/mol. The molecule has 1 fully saturated rings. The van der Waals surface area contributed by atoms with E-state index in [4.69, 9.17) is 0 Å². The van der Waals surface area contributed by atoms with Crippen LogP contribution in [0.3, 0.4) is 0 Å². The molecule has 1 unspecified atom stereocenters. The van der Waals surface area contributed by atoms with Crippen molar-refractivity contribution in [2.24, 2.45) is 0 Å². The number of thiazole rings is 1. The molecule has 0 spiro atoms. The molecule has 1 aliphatic heterocycles. The van der Waals surface area contributed by atoms with E-state index < -0.39 is 0 Å². The Kier molecular flexibility index (Phi) is 8.84. The minimum Gasteiger partial charge on any atom is -0.352 e. The average Bonchev–Trinajstić information content (AvgIpc) is 3.12. The number of halogens is 2. The fourth-order valence-corrected chi connectivity index (χ4v) is 3.68. The number of para-hydroxylation sites is 1. The van der Waals surface area contributed by atoms with Crippen molar-refractivity contribution < 1.29 is 4.79 Å². The van der Waals surface area contributed by atoms with Crippen molar-refractivity contribution in [2.45, 2.75) is 38.1 Å². The van der Waals surface area contributed by atoms with Gasteiger partial charge >= 0.3 is 0 Å². The van der Waals surface area contributed by atoms with Gasteiger partial charge in [-0.3, -0.25) is 4.79 Å². The van der Waals surface area contributed by atoms with Crippen molar-refractivity contribution in [3.8, 4) is 0 Å². The molecule has 4 nitrogen and oxygen atoms in total. The summed E-state index contributed by atoms with van der Waals surface area (Å²) >= 11 is 1.76. The number of hydrogen-bond acceptors (Lipinski definition) is 4. The molecule has 0 saturated carbocycles. The van der Waals surface area contributed by atoms with Gasteiger partial charge in [0, 0.05) is 19.0 Å². The standard InChI is InChI=1S/C16H21N3OS.2ClH/c20-15(18-12-9-10-17-11-12)7-3-4-8-16-19-13-5-1-2-6-14(13)21-16;;/h1-2,5-6,12,17H,3-4,7-11H2,(H,18,20);2*1H. The maximum atomic E-state index is 11.8. The van der Waals surface area contributed by atoms with Crippen LogP contribution in [0.15, 0.2) is 24.3 Å². The van der Waals surface area contributed by atoms with Crippen molar-refractivity contribution in [3.63, 3.8) is 0 Å². The summed E-state index contributed by atoms with van der Waals surface area (Å²) in [5.41, 5.74) is 1.09. The zero-order valence-electron chi connectivity index (χ0n) is 12.9. The second-order valence-corrected chi connectivity index (χ2v) is 6.65. The zero-order valence-corrected chi connectivity index (χ0v) is 15.4. The first-order chi connectivity index (χ1) is 10.3. The number of carbonyl (C=O) groups is 1. The van der Waals surface area contributed by atoms with E-state index in [9.17, 15) is 4.79 Å². The summed E-state index contributed by atoms with van der Waals surface area (Å²) in [5, 5.41) is 7.52. The first-order valence-corrected chi connectivity index (χ1v) is 8.47. The lowest BCUT2D eigenvalue weighted by atomic mass is 10.2. The van der Waals surface area contributed by atoms with Crippen LogP contribution >= 0.6 is 36.2 Å². The molecule has 1 aromatic heterocycles. The molecular formula is C16H23Cl2N3OS. The van der Waals surface area contributed by atoms with Gasteiger partial charge < -0.3 is 10.6 Å². The molecule has 128 valence electrons. The van der Waals surface area contributed by atoms with E-state index in [2.05, 4.69) is 27.8 Å². The molecule has 23 heavy (non-hydrogen) atoms. The van der Waals surface area contributed by atoms with Crippen LogP contribution in [0.25, 0.3) is 10.2 Å². The monoisotopic (exact) mass is 375 g/mol. The molecule has 0 radical (unpaired) electrons. The molecule has 2 heterocycles. The molecule has 1 atom stereocenters. The lowest BCUT2D eigenvalue weighted by Crippen LogP contribution is -2.36. The largest absolute Gasteiger partial charge is 0.352 e. The summed E-state index contributed by atoms with van der Waals surface area (Å²) in [7, 11) is 0. The van der Waals surface area contributed by atoms with Crippen LogP contribution in [0.4, 0.5) is 0 Å². The lowest BCUT2D eigenvalue weighted by Gasteiger charge is -2.10. The van der Waals surface area contributed by atoms with Crippen molar-refractivity contribution >= 4 is 52.3 Å². The van der Waals surface area contributed by atoms with Crippen LogP contribution in [0.2, 0.25) is 0 Å². The maximum Gasteiger partial charge on any atom is 0.220 e. The molecule has 3 rings (SSSR count). The minimum atomic E-state index is 0. The number of hydrogen-bond donors (Lipinski definition) is 2. The molecule has 1 amide bonds. The first-order valence-electron chi connectivity index (χ1n) is 7.66. The van der Waals surface area contributed by atoms with Gasteiger partial charge in [-0.15, -0.1) is 36.2 Å². The van der Waals surface area contributed by atoms with Crippen molar-refractivity contribution in [1.82, 2.24) is 15.6 Å². The molecule has 2 aromatic rings. The van der Waals surface area contributed by atoms with Gasteiger partial charge in [-0.1, -0.05) is 12.1 Å². The summed E-state index contributed by atoms with van der Waals surface area (Å²) in [5.74, 6) is 0.188. The third-order valence-electron chi connectivity index (χ3n) is 3.81. The van der Waals surface area contributed by atoms with Gasteiger partial charge in [0.2, 0.25) is 5.91 Å². The molecular weight excluding hydrogens is 353 g/mol. The Bertz CT molecular complexity index is 581. The Balaban J connectivity index is 0.00000132. The Morgan fingerprint density at radius 1 is 1.30 bits per heavy atom. The minimum absolute atomic E-state index is 0. The van der Waals surface area contributed by atoms with Crippen LogP contribution in [-0.4, -0.2) is 30.0 Å². The topological polar surface area (TPSA) is 54.0 Å². The SMILES string of the molecule is Cl.Cl.O=C(CCCCc1nc2ccccc2s1)NC1CCNC1. The number of nitrogens with zero attached hydrogens (tertiary/aromatic N) is 1. The predicted octanol–water partition coefficient (Wildman–Crippen LogP) is 3.33. The zero-order chi connectivity index (χ0) is 14.5. The summed E-state index contributed by atoms with van der Waals surface area (Å²) in [6, 6.07) is 8.57. The number of amides is 1. The number of fused-ring (bicyclic) bond motifs is 1. The Morgan fingerprint density at radius 3 is 2.87 bits per heavy atom. The number of rotatable bonds is 6. The molecule has 1 aliphatic rings. The van der Waals surface area contributed by atoms with Crippen molar-refractivity contribution in [1.29, 1.82) is 0 Å². The highest BCUT2D eigenvalue weighted by molar-refractivity contribution is 7.18. The van der Waals surface area contributed by atoms with Crippen LogP contribution in [-0.2, 0) is 11.2 Å². The lowest BCUT2D eigenvalue weighted by molar-refractivity contribution is -0.121. The maximum absolute atomic E-state index is 11.8. The van der Waals surface area contributed by atoms with E-state index >= 15 is 0 Å². The molecule has 0 bridgehead atoms. The fourth-order valence-electron chi connectivity index (χ4n) is 2.67. The number of carbonyl (C=O) groups excluding carboxylic acids is 1. The number of aromatic nitrogens is 1. The van der Waals surface area contributed by atoms with E-state index in [1.54, 1.807) is 11.3 Å². The van der Waals surface area contributed by atoms with Crippen LogP contribution < -0.4 is 10.6 Å². The second-order valence-electron chi connectivity index (χ2n) is 5.54. The normalized spacial score (nSPS) is 16.6. The summed E-state index contributed by atoms with van der Waals surface area (Å²) in [6.45, 7) is 1.93. The second kappa shape index (κ2) is 10.1. The third kappa shape index (κ3) is 5.92. The highest BCUT2D eigenvalue weighted by atomic mass is 35.5. The van der Waals surface area contributed by atoms with Crippen LogP contribution in [0.1, 0.15) is 30.7 Å². The molecule has 0 aliphatic carbocycles. The third-order valence-corrected chi connectivity index (χ3v) is 4.90. The fraction of sp³-hybridized carbons (Fsp3) is 0.500. The van der Waals surface area contributed by atoms with Crippen LogP contribution in [0, 0.1) is 0 Å². The molecule has 7 heteroatoms. The van der Waals surface area contributed by atoms with Gasteiger partial charge in [0.15, 0.2) is 0 Å². The van der Waals surface area contributed by atoms with Crippen molar-refractivity contribution in [3.05, 3.63) is 29.3 Å². The quantitative estimate of drug-likeness (QED) is 0.761. The van der Waals surface area contributed by atoms with Crippen molar-refractivity contribution in [2.75, 3.05) is 13.1 Å². The summed E-state index contributed by atoms with van der Waals surface area (Å²) in [4.78, 5) is 16.4. The number of nitrogens with one attached hydrogen (secondary N) is 2. The van der Waals surface area contributed by atoms with Gasteiger partial charge in [0.1, 0.15) is 0 Å². The number of unbranched alkanes of at least 4 members (excludes halogenated alkanes) is 1. The average molecular weight is 376 g/mol. The molecule has 1 aromatic carbocycles. The number of aryl methyl sites for hydroxylation is 1. The Hall–Kier alpha value is -0.880. The van der Waals surface area contributed by atoms with E-state index in [1.165, 1.54) is 9.71 Å². The van der Waals surface area contributed by atoms with Gasteiger partial charge in [-0.2, -0.15) is 0 Å². The summed E-state index contributed by atoms with van der Waals surface area (Å²) in [6.07, 6.45) is 4.61. The number of benzene rings is 1. The van der Waals surface area contributed by atoms with Gasteiger partial charge in [-0.05, 0) is 44.4 Å². The molecule has 1 saturated heterocycles. The van der Waals surface area contributed by atoms with Gasteiger partial charge in [0.25, 0.3) is 0 Å². The smallest absolute Gasteiger partial charge is 0.220 e. The van der Waals surface area contributed by atoms with E-state index in [0.29, 0.717) is 12.5 Å². The van der Waals surface area contributed by atoms with E-state index in [0.717, 1.165) is 44.3 Å². The summed E-state index contributed by atoms with van der Waals surface area (Å²) < 4.78 is 1.25. The Morgan fingerprint density at radius 2 is 2.13 bits per heavy atom. The highest BCUT2D eigenvalue weighted by Crippen LogP contribution is 2.22.